The average Bonchev–Trinajstić information content (AvgIpc) is 1.88. The van der Waals surface area contributed by atoms with Gasteiger partial charge in [-0.1, -0.05) is 11.6 Å². The van der Waals surface area contributed by atoms with Crippen LogP contribution in [0, 0.1) is 0 Å². The van der Waals surface area contributed by atoms with Gasteiger partial charge in [-0.25, -0.2) is 0 Å². The van der Waals surface area contributed by atoms with Crippen molar-refractivity contribution in [3.63, 3.8) is 0 Å². The average molecular weight is 143 g/mol. The fourth-order valence-electron chi connectivity index (χ4n) is 0.972. The molecule has 0 unspecified atom stereocenters. The van der Waals surface area contributed by atoms with Crippen molar-refractivity contribution < 1.29 is 4.70 Å². The van der Waals surface area contributed by atoms with E-state index in [1.165, 1.54) is 5.57 Å². The molecule has 0 aliphatic carbocycles. The number of hydrogen-bond acceptors (Lipinski definition) is 1. The fraction of sp³-hybridized carbons (Fsp3) is 0.500. The summed E-state index contributed by atoms with van der Waals surface area (Å²) < 4.78 is 0. The second kappa shape index (κ2) is 4.09. The van der Waals surface area contributed by atoms with Gasteiger partial charge in [0.15, 0.2) is 0 Å². The van der Waals surface area contributed by atoms with Gasteiger partial charge in [0.1, 0.15) is 0 Å². The highest BCUT2D eigenvalue weighted by molar-refractivity contribution is 5.16. The monoisotopic (exact) mass is 143 g/mol. The van der Waals surface area contributed by atoms with E-state index in [-0.39, 0.29) is 4.70 Å². The second-order valence-electron chi connectivity index (χ2n) is 2.42. The Bertz CT molecular complexity index is 149. The van der Waals surface area contributed by atoms with Crippen LogP contribution < -0.4 is 0 Å². The summed E-state index contributed by atoms with van der Waals surface area (Å²) in [6.07, 6.45) is 6.39. The first-order chi connectivity index (χ1) is 4.33. The lowest BCUT2D eigenvalue weighted by atomic mass is 10.2. The molecule has 0 radical (unpaired) electrons. The molecule has 0 N–H and O–H groups in total. The van der Waals surface area contributed by atoms with Crippen molar-refractivity contribution in [2.75, 3.05) is 13.1 Å². The lowest BCUT2D eigenvalue weighted by Crippen LogP contribution is -2.20. The Morgan fingerprint density at radius 2 is 2.30 bits per heavy atom. The maximum atomic E-state index is 2.29. The molecule has 0 spiro atoms. The van der Waals surface area contributed by atoms with E-state index in [2.05, 4.69) is 37.1 Å². The topological polar surface area (TPSA) is 3.24 Å². The first-order valence-electron chi connectivity index (χ1n) is 3.41. The van der Waals surface area contributed by atoms with Crippen LogP contribution in [0.2, 0.25) is 0 Å². The zero-order valence-electron chi connectivity index (χ0n) is 6.50. The smallest absolute Gasteiger partial charge is 0.0383 e. The van der Waals surface area contributed by atoms with E-state index < -0.39 is 0 Å². The standard InChI is InChI=1S/C8H13N.FH/c1-3-9-6-4-5-8(2)7-9;/h4-6H,3,7H2,1-2H3;1H. The third-order valence-corrected chi connectivity index (χ3v) is 1.54. The Labute approximate surface area is 61.4 Å². The maximum absolute atomic E-state index is 2.29. The van der Waals surface area contributed by atoms with E-state index in [9.17, 15) is 0 Å². The van der Waals surface area contributed by atoms with Crippen LogP contribution in [0.1, 0.15) is 13.8 Å². The van der Waals surface area contributed by atoms with Gasteiger partial charge >= 0.3 is 0 Å². The minimum atomic E-state index is 0. The maximum Gasteiger partial charge on any atom is 0.0383 e. The molecule has 10 heavy (non-hydrogen) atoms. The lowest BCUT2D eigenvalue weighted by Gasteiger charge is -2.20. The van der Waals surface area contributed by atoms with Crippen molar-refractivity contribution in [3.05, 3.63) is 23.9 Å². The van der Waals surface area contributed by atoms with Crippen LogP contribution >= 0.6 is 0 Å². The number of hydrogen-bond donors (Lipinski definition) is 0. The van der Waals surface area contributed by atoms with Crippen molar-refractivity contribution in [3.8, 4) is 0 Å². The van der Waals surface area contributed by atoms with Crippen LogP contribution in [-0.2, 0) is 0 Å². The third-order valence-electron chi connectivity index (χ3n) is 1.54. The summed E-state index contributed by atoms with van der Waals surface area (Å²) in [5.74, 6) is 0. The van der Waals surface area contributed by atoms with Crippen LogP contribution in [0.3, 0.4) is 0 Å². The van der Waals surface area contributed by atoms with E-state index in [4.69, 9.17) is 0 Å². The number of allylic oxidation sites excluding steroid dienone is 2. The molecule has 0 amide bonds. The highest BCUT2D eigenvalue weighted by Gasteiger charge is 1.98. The number of nitrogens with zero attached hydrogens (tertiary/aromatic N) is 1. The molecule has 2 heteroatoms. The first-order valence-corrected chi connectivity index (χ1v) is 3.41. The molecule has 0 aromatic carbocycles. The van der Waals surface area contributed by atoms with Crippen molar-refractivity contribution in [1.82, 2.24) is 4.90 Å². The SMILES string of the molecule is CCN1C=CC=C(C)C1.F. The van der Waals surface area contributed by atoms with E-state index in [1.54, 1.807) is 0 Å². The Hall–Kier alpha value is -0.790. The molecule has 0 bridgehead atoms. The van der Waals surface area contributed by atoms with E-state index in [0.29, 0.717) is 0 Å². The zero-order chi connectivity index (χ0) is 6.69. The van der Waals surface area contributed by atoms with Crippen molar-refractivity contribution in [2.24, 2.45) is 0 Å². The fourth-order valence-corrected chi connectivity index (χ4v) is 0.972. The van der Waals surface area contributed by atoms with Crippen molar-refractivity contribution in [1.29, 1.82) is 0 Å². The quantitative estimate of drug-likeness (QED) is 0.542. The molecule has 0 saturated heterocycles. The van der Waals surface area contributed by atoms with Gasteiger partial charge in [0, 0.05) is 13.1 Å². The van der Waals surface area contributed by atoms with Gasteiger partial charge < -0.3 is 4.90 Å². The molecule has 58 valence electrons. The van der Waals surface area contributed by atoms with Crippen LogP contribution in [0.5, 0.6) is 0 Å². The molecule has 1 rings (SSSR count). The van der Waals surface area contributed by atoms with Gasteiger partial charge in [0.25, 0.3) is 0 Å². The van der Waals surface area contributed by atoms with Crippen LogP contribution in [0.25, 0.3) is 0 Å². The lowest BCUT2D eigenvalue weighted by molar-refractivity contribution is 0.425. The van der Waals surface area contributed by atoms with Crippen molar-refractivity contribution >= 4 is 0 Å². The predicted octanol–water partition coefficient (Wildman–Crippen LogP) is 1.93. The summed E-state index contributed by atoms with van der Waals surface area (Å²) in [7, 11) is 0. The minimum Gasteiger partial charge on any atom is -0.374 e. The molecule has 1 nitrogen and oxygen atoms in total. The molecule has 1 aliphatic heterocycles. The summed E-state index contributed by atoms with van der Waals surface area (Å²) in [5, 5.41) is 0. The summed E-state index contributed by atoms with van der Waals surface area (Å²) >= 11 is 0. The van der Waals surface area contributed by atoms with Crippen LogP contribution in [0.15, 0.2) is 23.9 Å². The molecule has 0 saturated carbocycles. The molecular weight excluding hydrogens is 129 g/mol. The molecule has 0 aromatic heterocycles. The summed E-state index contributed by atoms with van der Waals surface area (Å²) in [6, 6.07) is 0. The Balaban J connectivity index is 0.000000810. The number of rotatable bonds is 1. The predicted molar refractivity (Wildman–Crippen MR) is 42.6 cm³/mol. The minimum absolute atomic E-state index is 0. The van der Waals surface area contributed by atoms with Gasteiger partial charge in [-0.2, -0.15) is 0 Å². The Morgan fingerprint density at radius 1 is 1.60 bits per heavy atom. The van der Waals surface area contributed by atoms with Crippen molar-refractivity contribution in [2.45, 2.75) is 13.8 Å². The van der Waals surface area contributed by atoms with Crippen LogP contribution in [0.4, 0.5) is 4.70 Å². The highest BCUT2D eigenvalue weighted by atomic mass is 19.0. The van der Waals surface area contributed by atoms with E-state index in [1.807, 2.05) is 0 Å². The summed E-state index contributed by atoms with van der Waals surface area (Å²) in [6.45, 7) is 6.55. The summed E-state index contributed by atoms with van der Waals surface area (Å²) in [4.78, 5) is 2.29. The zero-order valence-corrected chi connectivity index (χ0v) is 6.50. The Kier molecular flexibility index (Phi) is 3.77. The molecule has 0 aromatic rings. The van der Waals surface area contributed by atoms with Gasteiger partial charge in [0.2, 0.25) is 0 Å². The number of halogens is 1. The van der Waals surface area contributed by atoms with Gasteiger partial charge in [-0.3, -0.25) is 4.70 Å². The largest absolute Gasteiger partial charge is 0.374 e. The molecule has 1 aliphatic rings. The highest BCUT2D eigenvalue weighted by Crippen LogP contribution is 2.04. The van der Waals surface area contributed by atoms with Crippen LogP contribution in [-0.4, -0.2) is 18.0 Å². The van der Waals surface area contributed by atoms with Gasteiger partial charge in [0.05, 0.1) is 0 Å². The Morgan fingerprint density at radius 3 is 2.70 bits per heavy atom. The first kappa shape index (κ1) is 9.21. The molecule has 1 heterocycles. The molecule has 0 atom stereocenters. The summed E-state index contributed by atoms with van der Waals surface area (Å²) in [5.41, 5.74) is 1.44. The normalized spacial score (nSPS) is 16.2. The molecular formula is C8H14FN. The van der Waals surface area contributed by atoms with Gasteiger partial charge in [-0.15, -0.1) is 0 Å². The number of likely N-dealkylation sites (N-methyl/N-ethyl adjacent to an activating group) is 1. The van der Waals surface area contributed by atoms with Gasteiger partial charge in [-0.05, 0) is 26.1 Å². The third kappa shape index (κ3) is 2.21. The van der Waals surface area contributed by atoms with E-state index >= 15 is 0 Å². The molecule has 0 fully saturated rings. The van der Waals surface area contributed by atoms with E-state index in [0.717, 1.165) is 13.1 Å². The second-order valence-corrected chi connectivity index (χ2v) is 2.42.